The van der Waals surface area contributed by atoms with Gasteiger partial charge in [0.05, 0.1) is 12.8 Å². The summed E-state index contributed by atoms with van der Waals surface area (Å²) in [4.78, 5) is 10.9. The van der Waals surface area contributed by atoms with Crippen molar-refractivity contribution >= 4 is 11.5 Å². The molecule has 5 nitrogen and oxygen atoms in total. The number of carbonyl (C=O) groups is 1. The summed E-state index contributed by atoms with van der Waals surface area (Å²) in [6, 6.07) is 3.56. The van der Waals surface area contributed by atoms with Crippen molar-refractivity contribution < 1.29 is 14.6 Å². The van der Waals surface area contributed by atoms with Crippen LogP contribution in [0.25, 0.3) is 5.52 Å². The SMILES string of the molecule is CCOc1c(C(=O)O)cnn2cccc12. The Balaban J connectivity index is 2.69. The molecule has 0 spiro atoms. The number of hydrogen-bond acceptors (Lipinski definition) is 3. The van der Waals surface area contributed by atoms with Crippen molar-refractivity contribution in [1.82, 2.24) is 9.61 Å². The minimum Gasteiger partial charge on any atom is -0.491 e. The van der Waals surface area contributed by atoms with Crippen molar-refractivity contribution in [2.45, 2.75) is 6.92 Å². The Morgan fingerprint density at radius 3 is 3.13 bits per heavy atom. The van der Waals surface area contributed by atoms with Crippen LogP contribution in [0.15, 0.2) is 24.5 Å². The molecule has 15 heavy (non-hydrogen) atoms. The molecule has 2 aromatic heterocycles. The second kappa shape index (κ2) is 3.61. The smallest absolute Gasteiger partial charge is 0.341 e. The van der Waals surface area contributed by atoms with E-state index in [-0.39, 0.29) is 5.56 Å². The van der Waals surface area contributed by atoms with Gasteiger partial charge < -0.3 is 9.84 Å². The van der Waals surface area contributed by atoms with E-state index in [4.69, 9.17) is 9.84 Å². The number of aromatic nitrogens is 2. The van der Waals surface area contributed by atoms with Crippen molar-refractivity contribution in [2.75, 3.05) is 6.61 Å². The Hall–Kier alpha value is -2.04. The van der Waals surface area contributed by atoms with Crippen LogP contribution in [0.1, 0.15) is 17.3 Å². The second-order valence-electron chi connectivity index (χ2n) is 2.96. The van der Waals surface area contributed by atoms with Crippen LogP contribution in [0.3, 0.4) is 0 Å². The summed E-state index contributed by atoms with van der Waals surface area (Å²) in [5.41, 5.74) is 0.750. The zero-order valence-electron chi connectivity index (χ0n) is 8.17. The van der Waals surface area contributed by atoms with E-state index in [1.54, 1.807) is 22.8 Å². The Morgan fingerprint density at radius 2 is 2.47 bits per heavy atom. The van der Waals surface area contributed by atoms with E-state index in [2.05, 4.69) is 5.10 Å². The van der Waals surface area contributed by atoms with Crippen LogP contribution in [-0.2, 0) is 0 Å². The van der Waals surface area contributed by atoms with Gasteiger partial charge in [0.2, 0.25) is 0 Å². The lowest BCUT2D eigenvalue weighted by Crippen LogP contribution is -2.06. The van der Waals surface area contributed by atoms with Gasteiger partial charge in [-0.25, -0.2) is 9.31 Å². The van der Waals surface area contributed by atoms with Gasteiger partial charge in [0, 0.05) is 6.20 Å². The molecule has 0 saturated carbocycles. The highest BCUT2D eigenvalue weighted by Gasteiger charge is 2.15. The summed E-state index contributed by atoms with van der Waals surface area (Å²) in [6.07, 6.45) is 3.03. The average Bonchev–Trinajstić information content (AvgIpc) is 2.66. The quantitative estimate of drug-likeness (QED) is 0.825. The zero-order chi connectivity index (χ0) is 10.8. The number of ether oxygens (including phenoxy) is 1. The third-order valence-electron chi connectivity index (χ3n) is 2.04. The van der Waals surface area contributed by atoms with E-state index in [1.807, 2.05) is 6.92 Å². The number of hydrogen-bond donors (Lipinski definition) is 1. The molecule has 78 valence electrons. The first kappa shape index (κ1) is 9.51. The van der Waals surface area contributed by atoms with Gasteiger partial charge in [0.1, 0.15) is 11.1 Å². The lowest BCUT2D eigenvalue weighted by atomic mass is 10.2. The first-order valence-electron chi connectivity index (χ1n) is 4.56. The predicted octanol–water partition coefficient (Wildman–Crippen LogP) is 1.43. The lowest BCUT2D eigenvalue weighted by Gasteiger charge is -2.08. The standard InChI is InChI=1S/C10H10N2O3/c1-2-15-9-7(10(13)14)6-11-12-5-3-4-8(9)12/h3-6H,2H2,1H3,(H,13,14). The van der Waals surface area contributed by atoms with Crippen molar-refractivity contribution in [3.63, 3.8) is 0 Å². The maximum Gasteiger partial charge on any atom is 0.341 e. The molecule has 0 amide bonds. The molecule has 0 radical (unpaired) electrons. The summed E-state index contributed by atoms with van der Waals surface area (Å²) in [7, 11) is 0. The third-order valence-corrected chi connectivity index (χ3v) is 2.04. The number of carboxylic acids is 1. The molecule has 0 aliphatic rings. The van der Waals surface area contributed by atoms with Crippen LogP contribution < -0.4 is 4.74 Å². The summed E-state index contributed by atoms with van der Waals surface area (Å²) < 4.78 is 6.91. The highest BCUT2D eigenvalue weighted by Crippen LogP contribution is 2.24. The van der Waals surface area contributed by atoms with Crippen molar-refractivity contribution in [3.05, 3.63) is 30.1 Å². The van der Waals surface area contributed by atoms with Gasteiger partial charge in [-0.05, 0) is 19.1 Å². The average molecular weight is 206 g/mol. The van der Waals surface area contributed by atoms with Crippen LogP contribution in [-0.4, -0.2) is 27.3 Å². The van der Waals surface area contributed by atoms with E-state index in [9.17, 15) is 4.79 Å². The van der Waals surface area contributed by atoms with Gasteiger partial charge >= 0.3 is 5.97 Å². The van der Waals surface area contributed by atoms with Crippen LogP contribution in [0, 0.1) is 0 Å². The number of aromatic carboxylic acids is 1. The number of fused-ring (bicyclic) bond motifs is 1. The normalized spacial score (nSPS) is 10.5. The van der Waals surface area contributed by atoms with Gasteiger partial charge in [-0.15, -0.1) is 0 Å². The summed E-state index contributed by atoms with van der Waals surface area (Å²) >= 11 is 0. The Morgan fingerprint density at radius 1 is 1.67 bits per heavy atom. The lowest BCUT2D eigenvalue weighted by molar-refractivity contribution is 0.0692. The molecular formula is C10H10N2O3. The van der Waals surface area contributed by atoms with Gasteiger partial charge in [0.15, 0.2) is 5.75 Å². The van der Waals surface area contributed by atoms with E-state index < -0.39 is 5.97 Å². The zero-order valence-corrected chi connectivity index (χ0v) is 8.17. The molecule has 2 rings (SSSR count). The van der Waals surface area contributed by atoms with Crippen molar-refractivity contribution in [2.24, 2.45) is 0 Å². The largest absolute Gasteiger partial charge is 0.491 e. The summed E-state index contributed by atoms with van der Waals surface area (Å²) in [5.74, 6) is -0.667. The monoisotopic (exact) mass is 206 g/mol. The molecular weight excluding hydrogens is 196 g/mol. The first-order chi connectivity index (χ1) is 7.24. The molecule has 1 N–H and O–H groups in total. The highest BCUT2D eigenvalue weighted by atomic mass is 16.5. The van der Waals surface area contributed by atoms with E-state index in [0.29, 0.717) is 17.9 Å². The second-order valence-corrected chi connectivity index (χ2v) is 2.96. The highest BCUT2D eigenvalue weighted by molar-refractivity contribution is 5.93. The fourth-order valence-electron chi connectivity index (χ4n) is 1.42. The number of carboxylic acid groups (broad SMARTS) is 1. The Labute approximate surface area is 85.9 Å². The molecule has 2 aromatic rings. The third kappa shape index (κ3) is 1.52. The summed E-state index contributed by atoms with van der Waals surface area (Å²) in [5, 5.41) is 12.9. The van der Waals surface area contributed by atoms with E-state index >= 15 is 0 Å². The molecule has 2 heterocycles. The number of rotatable bonds is 3. The van der Waals surface area contributed by atoms with Gasteiger partial charge in [-0.1, -0.05) is 0 Å². The minimum atomic E-state index is -1.03. The Bertz CT molecular complexity index is 504. The topological polar surface area (TPSA) is 63.8 Å². The molecule has 0 saturated heterocycles. The first-order valence-corrected chi connectivity index (χ1v) is 4.56. The molecule has 5 heteroatoms. The molecule has 0 bridgehead atoms. The van der Waals surface area contributed by atoms with Crippen LogP contribution in [0.4, 0.5) is 0 Å². The molecule has 0 unspecified atom stereocenters. The fourth-order valence-corrected chi connectivity index (χ4v) is 1.42. The van der Waals surface area contributed by atoms with E-state index in [0.717, 1.165) is 0 Å². The molecule has 0 aromatic carbocycles. The van der Waals surface area contributed by atoms with E-state index in [1.165, 1.54) is 6.20 Å². The number of nitrogens with zero attached hydrogens (tertiary/aromatic N) is 2. The van der Waals surface area contributed by atoms with Gasteiger partial charge in [-0.3, -0.25) is 0 Å². The molecule has 0 aliphatic carbocycles. The predicted molar refractivity (Wildman–Crippen MR) is 53.3 cm³/mol. The fraction of sp³-hybridized carbons (Fsp3) is 0.200. The van der Waals surface area contributed by atoms with Crippen molar-refractivity contribution in [3.8, 4) is 5.75 Å². The molecule has 0 fully saturated rings. The summed E-state index contributed by atoms with van der Waals surface area (Å²) in [6.45, 7) is 2.23. The van der Waals surface area contributed by atoms with Crippen LogP contribution >= 0.6 is 0 Å². The molecule has 0 atom stereocenters. The maximum atomic E-state index is 10.9. The minimum absolute atomic E-state index is 0.0862. The van der Waals surface area contributed by atoms with Gasteiger partial charge in [0.25, 0.3) is 0 Å². The van der Waals surface area contributed by atoms with Gasteiger partial charge in [-0.2, -0.15) is 5.10 Å². The van der Waals surface area contributed by atoms with Crippen molar-refractivity contribution in [1.29, 1.82) is 0 Å². The maximum absolute atomic E-state index is 10.9. The Kier molecular flexibility index (Phi) is 2.29. The van der Waals surface area contributed by atoms with Crippen LogP contribution in [0.5, 0.6) is 5.75 Å². The van der Waals surface area contributed by atoms with Crippen LogP contribution in [0.2, 0.25) is 0 Å². The molecule has 0 aliphatic heterocycles.